The molecule has 10 heavy (non-hydrogen) atoms. The van der Waals surface area contributed by atoms with Gasteiger partial charge in [-0.05, 0) is 12.2 Å². The molecule has 0 bridgehead atoms. The van der Waals surface area contributed by atoms with E-state index in [1.165, 1.54) is 19.1 Å². The summed E-state index contributed by atoms with van der Waals surface area (Å²) < 4.78 is 0. The molecule has 0 saturated heterocycles. The Morgan fingerprint density at radius 3 is 2.20 bits per heavy atom. The van der Waals surface area contributed by atoms with Crippen LogP contribution in [0.2, 0.25) is 0 Å². The Kier molecular flexibility index (Phi) is 3.04. The number of nitrogens with two attached hydrogens (primary N) is 1. The predicted octanol–water partition coefficient (Wildman–Crippen LogP) is 0.0873. The van der Waals surface area contributed by atoms with Crippen LogP contribution in [-0.4, -0.2) is 17.3 Å². The van der Waals surface area contributed by atoms with Crippen LogP contribution in [0.1, 0.15) is 6.92 Å². The summed E-state index contributed by atoms with van der Waals surface area (Å²) in [5.74, 6) is -0.497. The van der Waals surface area contributed by atoms with Gasteiger partial charge in [0.05, 0.1) is 5.71 Å². The highest BCUT2D eigenvalue weighted by molar-refractivity contribution is 6.42. The van der Waals surface area contributed by atoms with Gasteiger partial charge in [0.2, 0.25) is 0 Å². The molecule has 0 unspecified atom stereocenters. The van der Waals surface area contributed by atoms with Crippen LogP contribution in [-0.2, 0) is 4.79 Å². The van der Waals surface area contributed by atoms with E-state index in [0.29, 0.717) is 0 Å². The summed E-state index contributed by atoms with van der Waals surface area (Å²) in [6.07, 6.45) is 2.40. The highest BCUT2D eigenvalue weighted by Crippen LogP contribution is 1.79. The highest BCUT2D eigenvalue weighted by atomic mass is 16.1. The first-order valence-electron chi connectivity index (χ1n) is 2.65. The predicted molar refractivity (Wildman–Crippen MR) is 39.5 cm³/mol. The maximum Gasteiger partial charge on any atom is 0.177 e. The van der Waals surface area contributed by atoms with Crippen molar-refractivity contribution in [1.29, 1.82) is 10.8 Å². The fourth-order valence-corrected chi connectivity index (χ4v) is 0.290. The summed E-state index contributed by atoms with van der Waals surface area (Å²) in [6, 6.07) is 0. The van der Waals surface area contributed by atoms with E-state index in [4.69, 9.17) is 16.6 Å². The first-order valence-corrected chi connectivity index (χ1v) is 2.65. The van der Waals surface area contributed by atoms with Crippen molar-refractivity contribution >= 4 is 17.3 Å². The van der Waals surface area contributed by atoms with Gasteiger partial charge < -0.3 is 5.73 Å². The lowest BCUT2D eigenvalue weighted by molar-refractivity contribution is -0.111. The van der Waals surface area contributed by atoms with E-state index in [2.05, 4.69) is 0 Å². The maximum atomic E-state index is 10.4. The third kappa shape index (κ3) is 3.54. The minimum atomic E-state index is -0.336. The van der Waals surface area contributed by atoms with Gasteiger partial charge in [-0.15, -0.1) is 0 Å². The van der Waals surface area contributed by atoms with Gasteiger partial charge in [-0.25, -0.2) is 0 Å². The Balaban J connectivity index is 4.03. The first kappa shape index (κ1) is 8.55. The van der Waals surface area contributed by atoms with Crippen LogP contribution in [0.5, 0.6) is 0 Å². The number of hydrogen-bond acceptors (Lipinski definition) is 3. The fraction of sp³-hybridized carbons (Fsp3) is 0.167. The number of amidine groups is 1. The highest BCUT2D eigenvalue weighted by Gasteiger charge is 1.95. The van der Waals surface area contributed by atoms with E-state index in [-0.39, 0.29) is 17.3 Å². The van der Waals surface area contributed by atoms with Crippen molar-refractivity contribution in [2.75, 3.05) is 0 Å². The molecule has 4 heteroatoms. The van der Waals surface area contributed by atoms with Gasteiger partial charge in [-0.1, -0.05) is 0 Å². The lowest BCUT2D eigenvalue weighted by Gasteiger charge is -1.87. The Morgan fingerprint density at radius 2 is 1.90 bits per heavy atom. The van der Waals surface area contributed by atoms with Crippen LogP contribution in [0.15, 0.2) is 12.2 Å². The largest absolute Gasteiger partial charge is 0.384 e. The van der Waals surface area contributed by atoms with Crippen LogP contribution < -0.4 is 5.73 Å². The van der Waals surface area contributed by atoms with E-state index in [1.807, 2.05) is 0 Å². The average molecular weight is 139 g/mol. The molecule has 54 valence electrons. The van der Waals surface area contributed by atoms with Crippen molar-refractivity contribution in [2.45, 2.75) is 6.92 Å². The van der Waals surface area contributed by atoms with Crippen LogP contribution >= 0.6 is 0 Å². The molecular formula is C6H9N3O. The molecule has 4 nitrogen and oxygen atoms in total. The van der Waals surface area contributed by atoms with Gasteiger partial charge >= 0.3 is 0 Å². The number of carbonyl (C=O) groups is 1. The van der Waals surface area contributed by atoms with Crippen LogP contribution in [0.25, 0.3) is 0 Å². The molecule has 0 saturated carbocycles. The fourth-order valence-electron chi connectivity index (χ4n) is 0.290. The number of hydrogen-bond donors (Lipinski definition) is 3. The van der Waals surface area contributed by atoms with Crippen molar-refractivity contribution in [3.63, 3.8) is 0 Å². The summed E-state index contributed by atoms with van der Waals surface area (Å²) in [5.41, 5.74) is 4.79. The van der Waals surface area contributed by atoms with E-state index in [9.17, 15) is 4.79 Å². The lowest BCUT2D eigenvalue weighted by atomic mass is 10.2. The summed E-state index contributed by atoms with van der Waals surface area (Å²) in [7, 11) is 0. The zero-order chi connectivity index (χ0) is 8.15. The molecule has 0 rings (SSSR count). The van der Waals surface area contributed by atoms with Gasteiger partial charge in [-0.2, -0.15) is 0 Å². The van der Waals surface area contributed by atoms with E-state index < -0.39 is 0 Å². The number of Topliss-reactive ketones (excluding diaryl/α,β-unsaturated/α-hetero) is 1. The molecule has 0 aliphatic rings. The van der Waals surface area contributed by atoms with Crippen molar-refractivity contribution in [2.24, 2.45) is 5.73 Å². The Labute approximate surface area is 58.7 Å². The molecule has 0 aromatic rings. The van der Waals surface area contributed by atoms with Crippen molar-refractivity contribution in [1.82, 2.24) is 0 Å². The normalized spacial score (nSPS) is 9.70. The molecular weight excluding hydrogens is 130 g/mol. The quantitative estimate of drug-likeness (QED) is 0.382. The van der Waals surface area contributed by atoms with Crippen molar-refractivity contribution in [3.8, 4) is 0 Å². The van der Waals surface area contributed by atoms with Gasteiger partial charge in [0, 0.05) is 6.92 Å². The minimum absolute atomic E-state index is 0.143. The molecule has 0 amide bonds. The molecule has 0 aromatic heterocycles. The van der Waals surface area contributed by atoms with Gasteiger partial charge in [0.1, 0.15) is 5.84 Å². The van der Waals surface area contributed by atoms with E-state index >= 15 is 0 Å². The monoisotopic (exact) mass is 139 g/mol. The molecule has 0 radical (unpaired) electrons. The Bertz CT molecular complexity index is 205. The SMILES string of the molecule is CC(=O)C(=N)/C=C\C(=N)N. The standard InChI is InChI=1S/C6H9N3O/c1-4(10)5(7)2-3-6(8)9/h2-3,7H,1H3,(H3,8,9)/b3-2-,7-5?. The van der Waals surface area contributed by atoms with Crippen LogP contribution in [0, 0.1) is 10.8 Å². The number of nitrogens with one attached hydrogen (secondary N) is 2. The maximum absolute atomic E-state index is 10.4. The number of rotatable bonds is 3. The molecule has 0 heterocycles. The lowest BCUT2D eigenvalue weighted by Crippen LogP contribution is -2.08. The molecule has 0 spiro atoms. The second kappa shape index (κ2) is 3.55. The molecule has 0 atom stereocenters. The zero-order valence-electron chi connectivity index (χ0n) is 5.64. The Morgan fingerprint density at radius 1 is 1.40 bits per heavy atom. The summed E-state index contributed by atoms with van der Waals surface area (Å²) in [4.78, 5) is 10.4. The molecule has 4 N–H and O–H groups in total. The van der Waals surface area contributed by atoms with Crippen molar-refractivity contribution < 1.29 is 4.79 Å². The topological polar surface area (TPSA) is 90.8 Å². The molecule has 0 aliphatic carbocycles. The van der Waals surface area contributed by atoms with Crippen LogP contribution in [0.4, 0.5) is 0 Å². The minimum Gasteiger partial charge on any atom is -0.384 e. The third-order valence-electron chi connectivity index (χ3n) is 0.809. The summed E-state index contributed by atoms with van der Waals surface area (Å²) in [6.45, 7) is 1.28. The average Bonchev–Trinajstić information content (AvgIpc) is 1.82. The zero-order valence-corrected chi connectivity index (χ0v) is 5.64. The van der Waals surface area contributed by atoms with E-state index in [1.54, 1.807) is 0 Å². The second-order valence-electron chi connectivity index (χ2n) is 1.76. The van der Waals surface area contributed by atoms with Gasteiger partial charge in [0.25, 0.3) is 0 Å². The summed E-state index contributed by atoms with van der Waals surface area (Å²) in [5, 5.41) is 13.7. The molecule has 0 aromatic carbocycles. The molecule has 0 aliphatic heterocycles. The molecule has 0 fully saturated rings. The number of allylic oxidation sites excluding steroid dienone is 1. The first-order chi connectivity index (χ1) is 4.54. The van der Waals surface area contributed by atoms with Gasteiger partial charge in [0.15, 0.2) is 5.78 Å². The number of carbonyl (C=O) groups excluding carboxylic acids is 1. The second-order valence-corrected chi connectivity index (χ2v) is 1.76. The smallest absolute Gasteiger partial charge is 0.177 e. The van der Waals surface area contributed by atoms with Crippen LogP contribution in [0.3, 0.4) is 0 Å². The number of ketones is 1. The third-order valence-corrected chi connectivity index (χ3v) is 0.809. The Hall–Kier alpha value is -1.45. The van der Waals surface area contributed by atoms with E-state index in [0.717, 1.165) is 0 Å². The van der Waals surface area contributed by atoms with Gasteiger partial charge in [-0.3, -0.25) is 15.6 Å². The van der Waals surface area contributed by atoms with Crippen molar-refractivity contribution in [3.05, 3.63) is 12.2 Å². The summed E-state index contributed by atoms with van der Waals surface area (Å²) >= 11 is 0.